The molecule has 8 heavy (non-hydrogen) atoms. The highest BCUT2D eigenvalue weighted by Crippen LogP contribution is 2.25. The van der Waals surface area contributed by atoms with Crippen LogP contribution < -0.4 is 0 Å². The SMILES string of the molecule is FCC(F)C(F)(F)Cl. The summed E-state index contributed by atoms with van der Waals surface area (Å²) in [6, 6.07) is 0. The maximum atomic E-state index is 11.4. The second kappa shape index (κ2) is 2.53. The minimum absolute atomic E-state index is 1.75. The predicted octanol–water partition coefficient (Wildman–Crippen LogP) is 2.13. The average Bonchev–Trinajstić information content (AvgIpc) is 1.62. The van der Waals surface area contributed by atoms with Gasteiger partial charge in [-0.15, -0.1) is 0 Å². The first kappa shape index (κ1) is 8.01. The molecule has 0 N–H and O–H groups in total. The first-order valence-electron chi connectivity index (χ1n) is 1.75. The molecule has 0 aliphatic heterocycles. The van der Waals surface area contributed by atoms with E-state index in [2.05, 4.69) is 11.6 Å². The Hall–Kier alpha value is 0.01000. The number of rotatable bonds is 2. The Morgan fingerprint density at radius 2 is 1.88 bits per heavy atom. The topological polar surface area (TPSA) is 0 Å². The van der Waals surface area contributed by atoms with E-state index in [9.17, 15) is 17.6 Å². The van der Waals surface area contributed by atoms with Gasteiger partial charge in [-0.2, -0.15) is 8.78 Å². The lowest BCUT2D eigenvalue weighted by Gasteiger charge is -2.07. The first-order valence-corrected chi connectivity index (χ1v) is 2.13. The number of hydrogen-bond donors (Lipinski definition) is 0. The molecular formula is C3H3ClF4. The molecule has 0 aliphatic rings. The van der Waals surface area contributed by atoms with Crippen LogP contribution in [0.25, 0.3) is 0 Å². The molecule has 0 radical (unpaired) electrons. The van der Waals surface area contributed by atoms with Crippen molar-refractivity contribution in [2.75, 3.05) is 6.67 Å². The molecule has 0 aromatic carbocycles. The summed E-state index contributed by atoms with van der Waals surface area (Å²) in [6.07, 6.45) is -2.89. The Kier molecular flexibility index (Phi) is 2.53. The standard InChI is InChI=1S/C3H3ClF4/c4-3(7,8)2(6)1-5/h2H,1H2. The summed E-state index contributed by atoms with van der Waals surface area (Å²) in [4.78, 5) is 0. The highest BCUT2D eigenvalue weighted by atomic mass is 35.5. The van der Waals surface area contributed by atoms with Crippen molar-refractivity contribution in [3.8, 4) is 0 Å². The zero-order valence-electron chi connectivity index (χ0n) is 3.67. The molecule has 1 atom stereocenters. The average molecular weight is 151 g/mol. The summed E-state index contributed by atoms with van der Waals surface area (Å²) in [6.45, 7) is -1.75. The van der Waals surface area contributed by atoms with Crippen LogP contribution >= 0.6 is 11.6 Å². The molecule has 50 valence electrons. The largest absolute Gasteiger partial charge is 0.354 e. The van der Waals surface area contributed by atoms with E-state index in [1.54, 1.807) is 0 Å². The fourth-order valence-electron chi connectivity index (χ4n) is 0.0875. The molecule has 0 aliphatic carbocycles. The van der Waals surface area contributed by atoms with E-state index in [4.69, 9.17) is 0 Å². The summed E-state index contributed by atoms with van der Waals surface area (Å²) in [5.74, 6) is 0. The van der Waals surface area contributed by atoms with Crippen LogP contribution in [0.4, 0.5) is 17.6 Å². The monoisotopic (exact) mass is 150 g/mol. The van der Waals surface area contributed by atoms with Crippen molar-refractivity contribution < 1.29 is 17.6 Å². The predicted molar refractivity (Wildman–Crippen MR) is 21.7 cm³/mol. The Balaban J connectivity index is 3.62. The normalized spacial score (nSPS) is 16.1. The van der Waals surface area contributed by atoms with Gasteiger partial charge in [-0.3, -0.25) is 0 Å². The summed E-state index contributed by atoms with van der Waals surface area (Å²) < 4.78 is 44.9. The maximum absolute atomic E-state index is 11.4. The Morgan fingerprint density at radius 3 is 1.88 bits per heavy atom. The summed E-state index contributed by atoms with van der Waals surface area (Å²) in [5.41, 5.74) is 0. The van der Waals surface area contributed by atoms with Gasteiger partial charge in [0.15, 0.2) is 0 Å². The second-order valence-electron chi connectivity index (χ2n) is 1.16. The maximum Gasteiger partial charge on any atom is 0.354 e. The van der Waals surface area contributed by atoms with Gasteiger partial charge in [0.1, 0.15) is 6.67 Å². The van der Waals surface area contributed by atoms with Crippen molar-refractivity contribution in [3.05, 3.63) is 0 Å². The van der Waals surface area contributed by atoms with Crippen molar-refractivity contribution in [2.45, 2.75) is 11.6 Å². The van der Waals surface area contributed by atoms with Crippen LogP contribution in [0.5, 0.6) is 0 Å². The lowest BCUT2D eigenvalue weighted by atomic mass is 10.4. The molecule has 0 aromatic rings. The molecule has 0 spiro atoms. The summed E-state index contributed by atoms with van der Waals surface area (Å²) >= 11 is 4.04. The van der Waals surface area contributed by atoms with Gasteiger partial charge in [0.25, 0.3) is 0 Å². The zero-order chi connectivity index (χ0) is 6.78. The molecule has 0 aromatic heterocycles. The molecule has 0 fully saturated rings. The van der Waals surface area contributed by atoms with Gasteiger partial charge in [-0.1, -0.05) is 0 Å². The molecule has 0 saturated heterocycles. The molecular weight excluding hydrogens is 147 g/mol. The Labute approximate surface area is 48.4 Å². The lowest BCUT2D eigenvalue weighted by molar-refractivity contribution is -0.00415. The van der Waals surface area contributed by atoms with Gasteiger partial charge < -0.3 is 0 Å². The van der Waals surface area contributed by atoms with E-state index in [0.29, 0.717) is 0 Å². The van der Waals surface area contributed by atoms with Crippen LogP contribution in [0.1, 0.15) is 0 Å². The second-order valence-corrected chi connectivity index (χ2v) is 1.67. The number of alkyl halides is 5. The highest BCUT2D eigenvalue weighted by molar-refractivity contribution is 6.22. The van der Waals surface area contributed by atoms with Crippen molar-refractivity contribution in [1.29, 1.82) is 0 Å². The number of halogens is 5. The van der Waals surface area contributed by atoms with Gasteiger partial charge in [-0.05, 0) is 11.6 Å². The highest BCUT2D eigenvalue weighted by Gasteiger charge is 2.37. The molecule has 0 amide bonds. The lowest BCUT2D eigenvalue weighted by Crippen LogP contribution is -2.24. The third kappa shape index (κ3) is 2.35. The van der Waals surface area contributed by atoms with E-state index < -0.39 is 18.2 Å². The summed E-state index contributed by atoms with van der Waals surface area (Å²) in [5, 5.41) is -4.06. The van der Waals surface area contributed by atoms with Gasteiger partial charge >= 0.3 is 5.38 Å². The van der Waals surface area contributed by atoms with E-state index in [1.807, 2.05) is 0 Å². The van der Waals surface area contributed by atoms with Crippen molar-refractivity contribution in [1.82, 2.24) is 0 Å². The smallest absolute Gasteiger partial charge is 0.248 e. The van der Waals surface area contributed by atoms with Crippen LogP contribution in [0, 0.1) is 0 Å². The zero-order valence-corrected chi connectivity index (χ0v) is 4.43. The molecule has 0 rings (SSSR count). The fraction of sp³-hybridized carbons (Fsp3) is 1.00. The van der Waals surface area contributed by atoms with Crippen molar-refractivity contribution >= 4 is 11.6 Å². The van der Waals surface area contributed by atoms with Gasteiger partial charge in [0, 0.05) is 0 Å². The molecule has 0 bridgehead atoms. The molecule has 0 heterocycles. The Bertz CT molecular complexity index is 68.2. The van der Waals surface area contributed by atoms with E-state index in [1.165, 1.54) is 0 Å². The third-order valence-corrected chi connectivity index (χ3v) is 0.727. The molecule has 1 unspecified atom stereocenters. The van der Waals surface area contributed by atoms with E-state index in [-0.39, 0.29) is 0 Å². The molecule has 0 nitrogen and oxygen atoms in total. The van der Waals surface area contributed by atoms with E-state index in [0.717, 1.165) is 0 Å². The van der Waals surface area contributed by atoms with Crippen LogP contribution in [-0.2, 0) is 0 Å². The Morgan fingerprint density at radius 1 is 1.50 bits per heavy atom. The van der Waals surface area contributed by atoms with Crippen LogP contribution in [-0.4, -0.2) is 18.2 Å². The van der Waals surface area contributed by atoms with Crippen LogP contribution in [0.15, 0.2) is 0 Å². The number of hydrogen-bond acceptors (Lipinski definition) is 0. The summed E-state index contributed by atoms with van der Waals surface area (Å²) in [7, 11) is 0. The minimum atomic E-state index is -4.06. The fourth-order valence-corrected chi connectivity index (χ4v) is 0.146. The first-order chi connectivity index (χ1) is 3.48. The minimum Gasteiger partial charge on any atom is -0.248 e. The van der Waals surface area contributed by atoms with E-state index >= 15 is 0 Å². The van der Waals surface area contributed by atoms with Gasteiger partial charge in [0.2, 0.25) is 6.17 Å². The van der Waals surface area contributed by atoms with Gasteiger partial charge in [0.05, 0.1) is 0 Å². The molecule has 5 heteroatoms. The van der Waals surface area contributed by atoms with Gasteiger partial charge in [-0.25, -0.2) is 8.78 Å². The third-order valence-electron chi connectivity index (χ3n) is 0.491. The van der Waals surface area contributed by atoms with Crippen LogP contribution in [0.3, 0.4) is 0 Å². The van der Waals surface area contributed by atoms with Crippen molar-refractivity contribution in [2.24, 2.45) is 0 Å². The van der Waals surface area contributed by atoms with Crippen LogP contribution in [0.2, 0.25) is 0 Å². The quantitative estimate of drug-likeness (QED) is 0.418. The molecule has 0 saturated carbocycles. The van der Waals surface area contributed by atoms with Crippen molar-refractivity contribution in [3.63, 3.8) is 0 Å².